The second-order valence-electron chi connectivity index (χ2n) is 9.02. The summed E-state index contributed by atoms with van der Waals surface area (Å²) in [6.07, 6.45) is 1.22. The van der Waals surface area contributed by atoms with Crippen molar-refractivity contribution in [3.05, 3.63) is 52.8 Å². The van der Waals surface area contributed by atoms with Crippen LogP contribution in [-0.4, -0.2) is 37.4 Å². The highest BCUT2D eigenvalue weighted by atomic mass is 79.9. The molecule has 0 saturated heterocycles. The molecular formula is C23H29BrN2O3Si. The molecular weight excluding hydrogens is 460 g/mol. The van der Waals surface area contributed by atoms with E-state index in [1.807, 2.05) is 36.4 Å². The van der Waals surface area contributed by atoms with E-state index in [1.165, 1.54) is 0 Å². The van der Waals surface area contributed by atoms with Gasteiger partial charge in [0.1, 0.15) is 23.8 Å². The Labute approximate surface area is 187 Å². The van der Waals surface area contributed by atoms with Gasteiger partial charge < -0.3 is 18.8 Å². The Morgan fingerprint density at radius 2 is 1.90 bits per heavy atom. The highest BCUT2D eigenvalue weighted by molar-refractivity contribution is 9.10. The molecule has 2 aromatic carbocycles. The van der Waals surface area contributed by atoms with E-state index >= 15 is 0 Å². The predicted octanol–water partition coefficient (Wildman–Crippen LogP) is 6.41. The van der Waals surface area contributed by atoms with Crippen molar-refractivity contribution in [2.75, 3.05) is 13.7 Å². The normalized spacial score (nSPS) is 18.7. The van der Waals surface area contributed by atoms with E-state index in [0.29, 0.717) is 12.6 Å². The van der Waals surface area contributed by atoms with Gasteiger partial charge in [0.25, 0.3) is 0 Å². The molecule has 0 bridgehead atoms. The maximum absolute atomic E-state index is 6.23. The Morgan fingerprint density at radius 3 is 2.57 bits per heavy atom. The average molecular weight is 489 g/mol. The van der Waals surface area contributed by atoms with E-state index in [-0.39, 0.29) is 6.10 Å². The lowest BCUT2D eigenvalue weighted by molar-refractivity contribution is 0.0870. The van der Waals surface area contributed by atoms with E-state index < -0.39 is 8.07 Å². The van der Waals surface area contributed by atoms with Crippen LogP contribution in [-0.2, 0) is 16.2 Å². The summed E-state index contributed by atoms with van der Waals surface area (Å²) in [4.78, 5) is 5.01. The number of hydrogen-bond donors (Lipinski definition) is 0. The molecule has 1 saturated carbocycles. The Balaban J connectivity index is 1.68. The molecule has 0 spiro atoms. The smallest absolute Gasteiger partial charge is 0.169 e. The van der Waals surface area contributed by atoms with Crippen LogP contribution in [0.15, 0.2) is 46.9 Å². The molecule has 2 unspecified atom stereocenters. The zero-order valence-corrected chi connectivity index (χ0v) is 20.6. The van der Waals surface area contributed by atoms with Crippen LogP contribution in [0.3, 0.4) is 0 Å². The standard InChI is InChI=1S/C23H29BrN2O3Si/c1-27-20-14-17(20)23-25-21-19(26(23)15-28-12-13-30(2,3)4)11-10-18(24)22(21)29-16-8-6-5-7-9-16/h5-11,17,20H,12-15H2,1-4H3. The fourth-order valence-corrected chi connectivity index (χ4v) is 4.68. The van der Waals surface area contributed by atoms with Gasteiger partial charge in [-0.25, -0.2) is 4.98 Å². The summed E-state index contributed by atoms with van der Waals surface area (Å²) >= 11 is 3.65. The second kappa shape index (κ2) is 8.83. The zero-order chi connectivity index (χ0) is 21.3. The van der Waals surface area contributed by atoms with Crippen LogP contribution in [0, 0.1) is 0 Å². The van der Waals surface area contributed by atoms with E-state index in [2.05, 4.69) is 46.2 Å². The molecule has 1 heterocycles. The first-order valence-electron chi connectivity index (χ1n) is 10.4. The van der Waals surface area contributed by atoms with Crippen molar-refractivity contribution in [1.82, 2.24) is 9.55 Å². The molecule has 1 aliphatic rings. The number of rotatable bonds is 9. The number of methoxy groups -OCH3 is 1. The fraction of sp³-hybridized carbons (Fsp3) is 0.435. The Bertz CT molecular complexity index is 1020. The molecule has 3 aromatic rings. The third kappa shape index (κ3) is 4.80. The maximum atomic E-state index is 6.23. The lowest BCUT2D eigenvalue weighted by Crippen LogP contribution is -2.22. The average Bonchev–Trinajstić information content (AvgIpc) is 3.41. The molecule has 5 nitrogen and oxygen atoms in total. The number of para-hydroxylation sites is 1. The van der Waals surface area contributed by atoms with Gasteiger partial charge in [0.05, 0.1) is 16.1 Å². The van der Waals surface area contributed by atoms with E-state index in [1.54, 1.807) is 7.11 Å². The first-order chi connectivity index (χ1) is 14.4. The largest absolute Gasteiger partial charge is 0.454 e. The Kier molecular flexibility index (Phi) is 6.34. The molecule has 0 aliphatic heterocycles. The van der Waals surface area contributed by atoms with Crippen LogP contribution in [0.5, 0.6) is 11.5 Å². The maximum Gasteiger partial charge on any atom is 0.169 e. The monoisotopic (exact) mass is 488 g/mol. The molecule has 1 aromatic heterocycles. The molecule has 4 rings (SSSR count). The minimum atomic E-state index is -1.13. The van der Waals surface area contributed by atoms with Crippen molar-refractivity contribution < 1.29 is 14.2 Å². The molecule has 0 amide bonds. The summed E-state index contributed by atoms with van der Waals surface area (Å²) < 4.78 is 21.0. The van der Waals surface area contributed by atoms with Gasteiger partial charge in [-0.3, -0.25) is 0 Å². The fourth-order valence-electron chi connectivity index (χ4n) is 3.52. The molecule has 0 radical (unpaired) electrons. The number of halogens is 1. The quantitative estimate of drug-likeness (QED) is 0.258. The molecule has 7 heteroatoms. The van der Waals surface area contributed by atoms with Crippen molar-refractivity contribution in [1.29, 1.82) is 0 Å². The third-order valence-electron chi connectivity index (χ3n) is 5.40. The topological polar surface area (TPSA) is 45.5 Å². The van der Waals surface area contributed by atoms with Gasteiger partial charge in [-0.15, -0.1) is 0 Å². The van der Waals surface area contributed by atoms with E-state index in [4.69, 9.17) is 19.2 Å². The first-order valence-corrected chi connectivity index (χ1v) is 14.9. The van der Waals surface area contributed by atoms with Crippen molar-refractivity contribution in [2.24, 2.45) is 0 Å². The van der Waals surface area contributed by atoms with Crippen LogP contribution in [0.2, 0.25) is 25.7 Å². The SMILES string of the molecule is COC1CC1c1nc2c(Oc3ccccc3)c(Br)ccc2n1COCC[Si](C)(C)C. The summed E-state index contributed by atoms with van der Waals surface area (Å²) in [5, 5.41) is 0. The number of ether oxygens (including phenoxy) is 3. The van der Waals surface area contributed by atoms with Crippen LogP contribution < -0.4 is 4.74 Å². The molecule has 1 aliphatic carbocycles. The van der Waals surface area contributed by atoms with Crippen molar-refractivity contribution in [2.45, 2.75) is 50.9 Å². The third-order valence-corrected chi connectivity index (χ3v) is 7.73. The molecule has 30 heavy (non-hydrogen) atoms. The number of benzene rings is 2. The van der Waals surface area contributed by atoms with Gasteiger partial charge in [0.2, 0.25) is 0 Å². The number of fused-ring (bicyclic) bond motifs is 1. The van der Waals surface area contributed by atoms with Crippen molar-refractivity contribution >= 4 is 35.0 Å². The number of hydrogen-bond acceptors (Lipinski definition) is 4. The Hall–Kier alpha value is -1.67. The highest BCUT2D eigenvalue weighted by Crippen LogP contribution is 2.45. The van der Waals surface area contributed by atoms with Gasteiger partial charge in [0, 0.05) is 27.7 Å². The molecule has 160 valence electrons. The van der Waals surface area contributed by atoms with Crippen LogP contribution >= 0.6 is 15.9 Å². The number of imidazole rings is 1. The van der Waals surface area contributed by atoms with Crippen LogP contribution in [0.4, 0.5) is 0 Å². The minimum Gasteiger partial charge on any atom is -0.454 e. The second-order valence-corrected chi connectivity index (χ2v) is 15.5. The summed E-state index contributed by atoms with van der Waals surface area (Å²) in [5.74, 6) is 2.83. The highest BCUT2D eigenvalue weighted by Gasteiger charge is 2.42. The number of nitrogens with zero attached hydrogens (tertiary/aromatic N) is 2. The van der Waals surface area contributed by atoms with Gasteiger partial charge in [-0.2, -0.15) is 0 Å². The molecule has 0 N–H and O–H groups in total. The van der Waals surface area contributed by atoms with E-state index in [0.717, 1.165) is 51.9 Å². The lowest BCUT2D eigenvalue weighted by atomic mass is 10.3. The van der Waals surface area contributed by atoms with Crippen molar-refractivity contribution in [3.63, 3.8) is 0 Å². The summed E-state index contributed by atoms with van der Waals surface area (Å²) in [6, 6.07) is 15.1. The molecule has 1 fully saturated rings. The Morgan fingerprint density at radius 1 is 1.13 bits per heavy atom. The van der Waals surface area contributed by atoms with E-state index in [9.17, 15) is 0 Å². The number of aromatic nitrogens is 2. The van der Waals surface area contributed by atoms with Crippen LogP contribution in [0.1, 0.15) is 18.2 Å². The van der Waals surface area contributed by atoms with Gasteiger partial charge in [-0.05, 0) is 52.7 Å². The van der Waals surface area contributed by atoms with Gasteiger partial charge in [-0.1, -0.05) is 37.8 Å². The van der Waals surface area contributed by atoms with Gasteiger partial charge in [0.15, 0.2) is 5.75 Å². The lowest BCUT2D eigenvalue weighted by Gasteiger charge is -2.16. The van der Waals surface area contributed by atoms with Gasteiger partial charge >= 0.3 is 0 Å². The predicted molar refractivity (Wildman–Crippen MR) is 126 cm³/mol. The minimum absolute atomic E-state index is 0.226. The zero-order valence-electron chi connectivity index (χ0n) is 18.0. The van der Waals surface area contributed by atoms with Crippen LogP contribution in [0.25, 0.3) is 11.0 Å². The summed E-state index contributed by atoms with van der Waals surface area (Å²) in [6.45, 7) is 8.37. The summed E-state index contributed by atoms with van der Waals surface area (Å²) in [7, 11) is 0.638. The molecule has 2 atom stereocenters. The first kappa shape index (κ1) is 21.6. The summed E-state index contributed by atoms with van der Waals surface area (Å²) in [5.41, 5.74) is 1.87. The van der Waals surface area contributed by atoms with Crippen molar-refractivity contribution in [3.8, 4) is 11.5 Å².